The van der Waals surface area contributed by atoms with Gasteiger partial charge in [-0.1, -0.05) is 241 Å². The van der Waals surface area contributed by atoms with Crippen molar-refractivity contribution < 1.29 is 53.2 Å². The number of alkyl halides is 3. The van der Waals surface area contributed by atoms with E-state index in [4.69, 9.17) is 54.1 Å². The molecule has 0 saturated heterocycles. The van der Waals surface area contributed by atoms with Crippen LogP contribution in [0.15, 0.2) is 0 Å². The third-order valence-electron chi connectivity index (χ3n) is 12.1. The zero-order valence-corrected chi connectivity index (χ0v) is 46.7. The predicted octanol–water partition coefficient (Wildman–Crippen LogP) is 14.0. The van der Waals surface area contributed by atoms with E-state index in [1.807, 2.05) is 0 Å². The summed E-state index contributed by atoms with van der Waals surface area (Å²) in [5.41, 5.74) is 0. The largest absolute Gasteiger partial charge is 0.481 e. The Morgan fingerprint density at radius 3 is 1.27 bits per heavy atom. The SMILES string of the molecule is CCCCCCCCCCCCCCCCCCNC(=O)OC[C@H](CSC[C@H](NC(=O)OCC(Cl)(Cl)Cl)C(=O)N[C@@H](CCC(=O)O)C(=O)O)OC(=O)NCCCCCCCCCCCCCCCCCC. The summed E-state index contributed by atoms with van der Waals surface area (Å²) in [6.07, 6.45) is 35.2. The molecule has 6 N–H and O–H groups in total. The molecular weight excluding hydrogens is 995 g/mol. The number of carbonyl (C=O) groups is 6. The van der Waals surface area contributed by atoms with Gasteiger partial charge in [-0.3, -0.25) is 9.59 Å². The predicted molar refractivity (Wildman–Crippen MR) is 289 cm³/mol. The summed E-state index contributed by atoms with van der Waals surface area (Å²) in [4.78, 5) is 74.4. The van der Waals surface area contributed by atoms with Crippen LogP contribution in [-0.4, -0.2) is 106 Å². The van der Waals surface area contributed by atoms with Crippen molar-refractivity contribution in [3.8, 4) is 0 Å². The molecule has 0 saturated carbocycles. The van der Waals surface area contributed by atoms with E-state index in [1.54, 1.807) is 0 Å². The van der Waals surface area contributed by atoms with Crippen LogP contribution in [0.5, 0.6) is 0 Å². The van der Waals surface area contributed by atoms with Gasteiger partial charge in [-0.05, 0) is 19.3 Å². The number of ether oxygens (including phenoxy) is 3. The number of unbranched alkanes of at least 4 members (excludes halogenated alkanes) is 30. The molecule has 0 rings (SSSR count). The van der Waals surface area contributed by atoms with Crippen LogP contribution in [0.2, 0.25) is 0 Å². The van der Waals surface area contributed by atoms with Gasteiger partial charge in [0, 0.05) is 31.0 Å². The molecule has 4 amide bonds. The molecule has 71 heavy (non-hydrogen) atoms. The number of halogens is 3. The molecule has 0 fully saturated rings. The van der Waals surface area contributed by atoms with Gasteiger partial charge in [0.05, 0.1) is 0 Å². The van der Waals surface area contributed by atoms with Gasteiger partial charge in [-0.15, -0.1) is 0 Å². The molecule has 0 aromatic heterocycles. The number of rotatable bonds is 49. The van der Waals surface area contributed by atoms with Crippen LogP contribution in [0, 0.1) is 0 Å². The molecule has 0 heterocycles. The first kappa shape index (κ1) is 68.4. The van der Waals surface area contributed by atoms with Crippen LogP contribution in [0.3, 0.4) is 0 Å². The number of hydrogen-bond donors (Lipinski definition) is 6. The molecule has 0 unspecified atom stereocenters. The molecular formula is C52H95Cl3N4O11S. The smallest absolute Gasteiger partial charge is 0.407 e. The number of carbonyl (C=O) groups excluding carboxylic acids is 4. The van der Waals surface area contributed by atoms with Gasteiger partial charge in [-0.25, -0.2) is 19.2 Å². The van der Waals surface area contributed by atoms with Crippen LogP contribution in [-0.2, 0) is 28.6 Å². The summed E-state index contributed by atoms with van der Waals surface area (Å²) < 4.78 is 14.0. The molecule has 19 heteroatoms. The lowest BCUT2D eigenvalue weighted by atomic mass is 10.0. The second-order valence-corrected chi connectivity index (χ2v) is 22.4. The molecule has 0 aliphatic heterocycles. The summed E-state index contributed by atoms with van der Waals surface area (Å²) in [5, 5.41) is 28.7. The Morgan fingerprint density at radius 1 is 0.493 bits per heavy atom. The molecule has 0 radical (unpaired) electrons. The minimum atomic E-state index is -1.95. The number of amides is 4. The van der Waals surface area contributed by atoms with Gasteiger partial charge in [-0.2, -0.15) is 11.8 Å². The molecule has 15 nitrogen and oxygen atoms in total. The minimum absolute atomic E-state index is 0.00506. The van der Waals surface area contributed by atoms with Crippen molar-refractivity contribution in [1.82, 2.24) is 21.3 Å². The van der Waals surface area contributed by atoms with E-state index >= 15 is 0 Å². The van der Waals surface area contributed by atoms with E-state index in [1.165, 1.54) is 161 Å². The van der Waals surface area contributed by atoms with Crippen molar-refractivity contribution >= 4 is 82.7 Å². The fraction of sp³-hybridized carbons (Fsp3) is 0.885. The van der Waals surface area contributed by atoms with Crippen molar-refractivity contribution in [2.24, 2.45) is 0 Å². The second kappa shape index (κ2) is 48.4. The average molecular weight is 1090 g/mol. The minimum Gasteiger partial charge on any atom is -0.481 e. The van der Waals surface area contributed by atoms with Gasteiger partial charge in [0.2, 0.25) is 9.70 Å². The van der Waals surface area contributed by atoms with E-state index in [0.717, 1.165) is 56.7 Å². The Hall–Kier alpha value is -2.56. The highest BCUT2D eigenvalue weighted by atomic mass is 35.6. The van der Waals surface area contributed by atoms with Crippen molar-refractivity contribution in [3.05, 3.63) is 0 Å². The average Bonchev–Trinajstić information content (AvgIpc) is 3.32. The summed E-state index contributed by atoms with van der Waals surface area (Å²) in [6.45, 7) is 4.35. The third-order valence-corrected chi connectivity index (χ3v) is 13.6. The van der Waals surface area contributed by atoms with Gasteiger partial charge in [0.1, 0.15) is 31.4 Å². The summed E-state index contributed by atoms with van der Waals surface area (Å²) in [5.74, 6) is -3.91. The maximum atomic E-state index is 13.3. The number of aliphatic carboxylic acids is 2. The zero-order valence-electron chi connectivity index (χ0n) is 43.6. The van der Waals surface area contributed by atoms with Crippen molar-refractivity contribution in [3.63, 3.8) is 0 Å². The monoisotopic (exact) mass is 1090 g/mol. The van der Waals surface area contributed by atoms with Gasteiger partial charge < -0.3 is 45.7 Å². The summed E-state index contributed by atoms with van der Waals surface area (Å²) in [6, 6.07) is -3.01. The lowest BCUT2D eigenvalue weighted by molar-refractivity contribution is -0.143. The number of thioether (sulfide) groups is 1. The first-order chi connectivity index (χ1) is 34.2. The summed E-state index contributed by atoms with van der Waals surface area (Å²) >= 11 is 18.1. The Morgan fingerprint density at radius 2 is 0.887 bits per heavy atom. The first-order valence-corrected chi connectivity index (χ1v) is 29.6. The third kappa shape index (κ3) is 48.2. The van der Waals surface area contributed by atoms with Crippen LogP contribution < -0.4 is 21.3 Å². The molecule has 0 aliphatic rings. The fourth-order valence-electron chi connectivity index (χ4n) is 7.89. The van der Waals surface area contributed by atoms with Crippen LogP contribution in [0.25, 0.3) is 0 Å². The maximum absolute atomic E-state index is 13.3. The molecule has 3 atom stereocenters. The highest BCUT2D eigenvalue weighted by Gasteiger charge is 2.30. The molecule has 0 spiro atoms. The number of hydrogen-bond acceptors (Lipinski definition) is 10. The number of nitrogens with one attached hydrogen (secondary N) is 4. The topological polar surface area (TPSA) is 219 Å². The van der Waals surface area contributed by atoms with E-state index in [2.05, 4.69) is 35.1 Å². The van der Waals surface area contributed by atoms with Crippen molar-refractivity contribution in [2.75, 3.05) is 37.8 Å². The Balaban J connectivity index is 5.05. The highest BCUT2D eigenvalue weighted by Crippen LogP contribution is 2.26. The Kier molecular flexibility index (Phi) is 46.6. The number of carboxylic acids is 2. The van der Waals surface area contributed by atoms with E-state index < -0.39 is 77.6 Å². The molecule has 0 aromatic carbocycles. The number of carboxylic acid groups (broad SMARTS) is 2. The second-order valence-electron chi connectivity index (χ2n) is 18.8. The van der Waals surface area contributed by atoms with Crippen LogP contribution in [0.4, 0.5) is 14.4 Å². The van der Waals surface area contributed by atoms with E-state index in [9.17, 15) is 33.9 Å². The highest BCUT2D eigenvalue weighted by molar-refractivity contribution is 7.99. The number of alkyl carbamates (subject to hydrolysis) is 3. The standard InChI is InChI=1S/C52H95Cl3N4O11S/c1-3-5-7-9-11-13-15-17-19-21-23-25-27-29-31-33-37-56-49(65)68-39-43(70-50(66)57-38-34-32-30-28-26-24-22-20-18-16-14-12-10-8-6-4-2)40-71-41-45(59-51(67)69-42-52(53,54)55)47(62)58-44(48(63)64)35-36-46(60)61/h43-45H,3-42H2,1-2H3,(H,56,65)(H,57,66)(H,58,62)(H,59,67)(H,60,61)(H,63,64)/t43-,44+,45+/m1/s1. The van der Waals surface area contributed by atoms with Crippen LogP contribution in [0.1, 0.15) is 232 Å². The van der Waals surface area contributed by atoms with Gasteiger partial charge in [0.25, 0.3) is 0 Å². The first-order valence-electron chi connectivity index (χ1n) is 27.4. The van der Waals surface area contributed by atoms with Crippen LogP contribution >= 0.6 is 46.6 Å². The summed E-state index contributed by atoms with van der Waals surface area (Å²) in [7, 11) is 0. The van der Waals surface area contributed by atoms with E-state index in [-0.39, 0.29) is 18.1 Å². The molecule has 0 aliphatic carbocycles. The van der Waals surface area contributed by atoms with E-state index in [0.29, 0.717) is 13.1 Å². The lowest BCUT2D eigenvalue weighted by Crippen LogP contribution is -2.53. The normalized spacial score (nSPS) is 12.6. The van der Waals surface area contributed by atoms with Crippen molar-refractivity contribution in [1.29, 1.82) is 0 Å². The zero-order chi connectivity index (χ0) is 52.6. The van der Waals surface area contributed by atoms with Crippen molar-refractivity contribution in [2.45, 2.75) is 254 Å². The molecule has 416 valence electrons. The lowest BCUT2D eigenvalue weighted by Gasteiger charge is -2.23. The molecule has 0 aromatic rings. The molecule has 0 bridgehead atoms. The quantitative estimate of drug-likeness (QED) is 0.0190. The Bertz CT molecular complexity index is 1370. The van der Waals surface area contributed by atoms with Gasteiger partial charge >= 0.3 is 30.2 Å². The maximum Gasteiger partial charge on any atom is 0.407 e. The van der Waals surface area contributed by atoms with Gasteiger partial charge in [0.15, 0.2) is 0 Å². The Labute approximate surface area is 446 Å². The fourth-order valence-corrected chi connectivity index (χ4v) is 9.08.